The summed E-state index contributed by atoms with van der Waals surface area (Å²) in [4.78, 5) is 31.8. The van der Waals surface area contributed by atoms with Crippen molar-refractivity contribution in [3.05, 3.63) is 45.1 Å². The minimum absolute atomic E-state index is 0.0396. The van der Waals surface area contributed by atoms with E-state index in [4.69, 9.17) is 16.3 Å². The van der Waals surface area contributed by atoms with Crippen LogP contribution < -0.4 is 10.6 Å². The average molecular weight is 466 g/mol. The number of nitro groups is 1. The van der Waals surface area contributed by atoms with Crippen LogP contribution in [0.4, 0.5) is 11.5 Å². The fourth-order valence-corrected chi connectivity index (χ4v) is 3.33. The molecule has 0 bridgehead atoms. The van der Waals surface area contributed by atoms with Gasteiger partial charge in [0.2, 0.25) is 0 Å². The highest BCUT2D eigenvalue weighted by molar-refractivity contribution is 7.98. The van der Waals surface area contributed by atoms with Crippen LogP contribution in [0.5, 0.6) is 0 Å². The Bertz CT molecular complexity index is 1110. The van der Waals surface area contributed by atoms with Gasteiger partial charge in [-0.25, -0.2) is 14.6 Å². The van der Waals surface area contributed by atoms with Crippen LogP contribution in [0.3, 0.4) is 0 Å². The van der Waals surface area contributed by atoms with Crippen molar-refractivity contribution in [2.75, 3.05) is 38.4 Å². The van der Waals surface area contributed by atoms with Gasteiger partial charge in [0.25, 0.3) is 11.6 Å². The number of halogens is 1. The Balaban J connectivity index is 1.73. The SMILES string of the molecule is COCCNc1nc(SC)nc2c1cnn2CCNC(=O)c1cc([N+](=O)[O-])ccc1Cl. The van der Waals surface area contributed by atoms with Crippen LogP contribution in [0.2, 0.25) is 5.02 Å². The van der Waals surface area contributed by atoms with Crippen LogP contribution in [0.1, 0.15) is 10.4 Å². The molecule has 2 N–H and O–H groups in total. The number of ether oxygens (including phenoxy) is 1. The number of thioether (sulfide) groups is 1. The average Bonchev–Trinajstić information content (AvgIpc) is 3.16. The van der Waals surface area contributed by atoms with Crippen molar-refractivity contribution < 1.29 is 14.5 Å². The molecule has 3 rings (SSSR count). The molecular formula is C18H20ClN7O4S. The van der Waals surface area contributed by atoms with E-state index in [2.05, 4.69) is 25.7 Å². The van der Waals surface area contributed by atoms with Crippen molar-refractivity contribution in [2.24, 2.45) is 0 Å². The van der Waals surface area contributed by atoms with Crippen LogP contribution >= 0.6 is 23.4 Å². The summed E-state index contributed by atoms with van der Waals surface area (Å²) in [5.41, 5.74) is 0.460. The molecule has 0 aliphatic carbocycles. The second-order valence-electron chi connectivity index (χ2n) is 6.26. The first kappa shape index (κ1) is 22.7. The summed E-state index contributed by atoms with van der Waals surface area (Å²) >= 11 is 7.43. The first-order valence-electron chi connectivity index (χ1n) is 9.17. The smallest absolute Gasteiger partial charge is 0.270 e. The Hall–Kier alpha value is -2.96. The molecule has 3 aromatic rings. The van der Waals surface area contributed by atoms with E-state index in [9.17, 15) is 14.9 Å². The van der Waals surface area contributed by atoms with E-state index < -0.39 is 10.8 Å². The molecule has 1 aromatic carbocycles. The second-order valence-corrected chi connectivity index (χ2v) is 7.44. The monoisotopic (exact) mass is 465 g/mol. The Labute approximate surface area is 186 Å². The highest BCUT2D eigenvalue weighted by Crippen LogP contribution is 2.24. The first-order chi connectivity index (χ1) is 14.9. The Morgan fingerprint density at radius 2 is 2.16 bits per heavy atom. The van der Waals surface area contributed by atoms with Crippen LogP contribution in [0.25, 0.3) is 11.0 Å². The van der Waals surface area contributed by atoms with Gasteiger partial charge in [0, 0.05) is 32.3 Å². The number of carbonyl (C=O) groups excluding carboxylic acids is 1. The predicted molar refractivity (Wildman–Crippen MR) is 118 cm³/mol. The highest BCUT2D eigenvalue weighted by Gasteiger charge is 2.16. The number of rotatable bonds is 10. The summed E-state index contributed by atoms with van der Waals surface area (Å²) in [7, 11) is 1.62. The standard InChI is InChI=1S/C18H20ClN7O4S/c1-30-8-6-20-15-13-10-22-25(16(13)24-18(23-15)31-2)7-5-21-17(27)12-9-11(26(28)29)3-4-14(12)19/h3-4,9-10H,5-8H2,1-2H3,(H,21,27)(H,20,23,24). The molecule has 0 unspecified atom stereocenters. The zero-order valence-electron chi connectivity index (χ0n) is 16.8. The van der Waals surface area contributed by atoms with E-state index in [0.29, 0.717) is 36.3 Å². The van der Waals surface area contributed by atoms with Gasteiger partial charge in [-0.15, -0.1) is 0 Å². The summed E-state index contributed by atoms with van der Waals surface area (Å²) < 4.78 is 6.72. The van der Waals surface area contributed by atoms with Crippen LogP contribution in [-0.2, 0) is 11.3 Å². The molecule has 1 amide bonds. The number of hydrogen-bond donors (Lipinski definition) is 2. The second kappa shape index (κ2) is 10.4. The molecule has 164 valence electrons. The van der Waals surface area contributed by atoms with Gasteiger partial charge in [0.15, 0.2) is 10.8 Å². The number of methoxy groups -OCH3 is 1. The lowest BCUT2D eigenvalue weighted by Gasteiger charge is -2.09. The topological polar surface area (TPSA) is 137 Å². The third kappa shape index (κ3) is 5.40. The number of aromatic nitrogens is 4. The van der Waals surface area contributed by atoms with E-state index in [0.717, 1.165) is 11.5 Å². The lowest BCUT2D eigenvalue weighted by molar-refractivity contribution is -0.384. The molecule has 13 heteroatoms. The van der Waals surface area contributed by atoms with Crippen LogP contribution in [0, 0.1) is 10.1 Å². The maximum atomic E-state index is 12.4. The third-order valence-electron chi connectivity index (χ3n) is 4.27. The minimum Gasteiger partial charge on any atom is -0.383 e. The Morgan fingerprint density at radius 1 is 1.35 bits per heavy atom. The number of benzene rings is 1. The van der Waals surface area contributed by atoms with E-state index in [1.807, 2.05) is 6.26 Å². The molecule has 2 aromatic heterocycles. The number of non-ortho nitro benzene ring substituents is 1. The normalized spacial score (nSPS) is 10.9. The number of nitro benzene ring substituents is 1. The summed E-state index contributed by atoms with van der Waals surface area (Å²) in [6.45, 7) is 1.67. The number of anilines is 1. The van der Waals surface area contributed by atoms with Gasteiger partial charge < -0.3 is 15.4 Å². The van der Waals surface area contributed by atoms with Crippen molar-refractivity contribution >= 4 is 51.8 Å². The molecule has 2 heterocycles. The maximum absolute atomic E-state index is 12.4. The molecule has 31 heavy (non-hydrogen) atoms. The van der Waals surface area contributed by atoms with Crippen molar-refractivity contribution in [1.82, 2.24) is 25.1 Å². The van der Waals surface area contributed by atoms with Gasteiger partial charge in [-0.05, 0) is 12.3 Å². The van der Waals surface area contributed by atoms with Gasteiger partial charge in [-0.2, -0.15) is 5.10 Å². The number of hydrogen-bond acceptors (Lipinski definition) is 9. The summed E-state index contributed by atoms with van der Waals surface area (Å²) in [5.74, 6) is 0.150. The first-order valence-corrected chi connectivity index (χ1v) is 10.8. The van der Waals surface area contributed by atoms with Crippen molar-refractivity contribution in [2.45, 2.75) is 11.7 Å². The fourth-order valence-electron chi connectivity index (χ4n) is 2.77. The quantitative estimate of drug-likeness (QED) is 0.152. The largest absolute Gasteiger partial charge is 0.383 e. The van der Waals surface area contributed by atoms with Crippen molar-refractivity contribution in [3.8, 4) is 0 Å². The van der Waals surface area contributed by atoms with E-state index in [-0.39, 0.29) is 22.8 Å². The zero-order chi connectivity index (χ0) is 22.4. The van der Waals surface area contributed by atoms with Crippen LogP contribution in [0.15, 0.2) is 29.6 Å². The fraction of sp³-hybridized carbons (Fsp3) is 0.333. The molecule has 11 nitrogen and oxygen atoms in total. The lowest BCUT2D eigenvalue weighted by Crippen LogP contribution is -2.28. The summed E-state index contributed by atoms with van der Waals surface area (Å²) in [6, 6.07) is 3.72. The summed E-state index contributed by atoms with van der Waals surface area (Å²) in [5, 5.41) is 22.7. The predicted octanol–water partition coefficient (Wildman–Crippen LogP) is 2.60. The van der Waals surface area contributed by atoms with Gasteiger partial charge in [0.1, 0.15) is 5.82 Å². The minimum atomic E-state index is -0.579. The van der Waals surface area contributed by atoms with Crippen molar-refractivity contribution in [1.29, 1.82) is 0 Å². The number of nitrogens with zero attached hydrogens (tertiary/aromatic N) is 5. The third-order valence-corrected chi connectivity index (χ3v) is 5.15. The Kier molecular flexibility index (Phi) is 7.60. The van der Waals surface area contributed by atoms with E-state index in [1.165, 1.54) is 23.9 Å². The molecule has 0 aliphatic heterocycles. The molecule has 0 spiro atoms. The number of carbonyl (C=O) groups is 1. The van der Waals surface area contributed by atoms with Crippen LogP contribution in [-0.4, -0.2) is 63.6 Å². The van der Waals surface area contributed by atoms with Crippen molar-refractivity contribution in [3.63, 3.8) is 0 Å². The summed E-state index contributed by atoms with van der Waals surface area (Å²) in [6.07, 6.45) is 3.54. The van der Waals surface area contributed by atoms with Gasteiger partial charge in [-0.1, -0.05) is 23.4 Å². The number of amides is 1. The number of fused-ring (bicyclic) bond motifs is 1. The molecule has 0 saturated carbocycles. The molecular weight excluding hydrogens is 446 g/mol. The molecule has 0 radical (unpaired) electrons. The number of nitrogens with one attached hydrogen (secondary N) is 2. The molecule has 0 saturated heterocycles. The molecule has 0 fully saturated rings. The van der Waals surface area contributed by atoms with Gasteiger partial charge in [0.05, 0.1) is 40.2 Å². The molecule has 0 aliphatic rings. The highest BCUT2D eigenvalue weighted by atomic mass is 35.5. The zero-order valence-corrected chi connectivity index (χ0v) is 18.4. The van der Waals surface area contributed by atoms with E-state index in [1.54, 1.807) is 18.0 Å². The maximum Gasteiger partial charge on any atom is 0.270 e. The molecule has 0 atom stereocenters. The van der Waals surface area contributed by atoms with Gasteiger partial charge >= 0.3 is 0 Å². The Morgan fingerprint density at radius 3 is 2.87 bits per heavy atom. The lowest BCUT2D eigenvalue weighted by atomic mass is 10.2. The van der Waals surface area contributed by atoms with E-state index >= 15 is 0 Å². The van der Waals surface area contributed by atoms with Gasteiger partial charge in [-0.3, -0.25) is 14.9 Å².